The lowest BCUT2D eigenvalue weighted by Crippen LogP contribution is -2.17. The summed E-state index contributed by atoms with van der Waals surface area (Å²) >= 11 is 6.52. The molecule has 0 bridgehead atoms. The van der Waals surface area contributed by atoms with E-state index in [-0.39, 0.29) is 11.7 Å². The number of carbonyl (C=O) groups excluding carboxylic acids is 1. The summed E-state index contributed by atoms with van der Waals surface area (Å²) in [5.41, 5.74) is 4.43. The van der Waals surface area contributed by atoms with Gasteiger partial charge in [-0.2, -0.15) is 5.10 Å². The first-order valence-corrected chi connectivity index (χ1v) is 9.60. The number of benzene rings is 3. The van der Waals surface area contributed by atoms with Gasteiger partial charge in [0.15, 0.2) is 0 Å². The third-order valence-electron chi connectivity index (χ3n) is 3.94. The quantitative estimate of drug-likeness (QED) is 0.395. The van der Waals surface area contributed by atoms with E-state index in [2.05, 4.69) is 60.6 Å². The van der Waals surface area contributed by atoms with Crippen molar-refractivity contribution >= 4 is 54.8 Å². The molecule has 0 aliphatic rings. The van der Waals surface area contributed by atoms with Gasteiger partial charge in [0.1, 0.15) is 5.75 Å². The van der Waals surface area contributed by atoms with E-state index < -0.39 is 0 Å². The number of aromatic hydroxyl groups is 1. The number of aryl methyl sites for hydroxylation is 1. The van der Waals surface area contributed by atoms with Gasteiger partial charge in [-0.15, -0.1) is 0 Å². The van der Waals surface area contributed by atoms with Crippen molar-refractivity contribution in [2.24, 2.45) is 5.10 Å². The fourth-order valence-corrected chi connectivity index (χ4v) is 3.87. The molecular weight excluding hydrogens is 460 g/mol. The van der Waals surface area contributed by atoms with Crippen LogP contribution in [0.1, 0.15) is 17.5 Å². The first-order valence-electron chi connectivity index (χ1n) is 8.01. The maximum atomic E-state index is 12.0. The highest BCUT2D eigenvalue weighted by molar-refractivity contribution is 9.11. The molecule has 4 nitrogen and oxygen atoms in total. The second-order valence-corrected chi connectivity index (χ2v) is 7.47. The maximum absolute atomic E-state index is 12.0. The third kappa shape index (κ3) is 4.51. The van der Waals surface area contributed by atoms with Crippen molar-refractivity contribution in [2.45, 2.75) is 12.8 Å². The molecule has 26 heavy (non-hydrogen) atoms. The van der Waals surface area contributed by atoms with E-state index >= 15 is 0 Å². The molecule has 0 aliphatic carbocycles. The maximum Gasteiger partial charge on any atom is 0.240 e. The molecule has 0 unspecified atom stereocenters. The van der Waals surface area contributed by atoms with E-state index in [1.807, 2.05) is 24.3 Å². The van der Waals surface area contributed by atoms with Crippen LogP contribution in [0.2, 0.25) is 0 Å². The van der Waals surface area contributed by atoms with Gasteiger partial charge >= 0.3 is 0 Å². The zero-order valence-electron chi connectivity index (χ0n) is 13.7. The van der Waals surface area contributed by atoms with Crippen LogP contribution in [0.3, 0.4) is 0 Å². The van der Waals surface area contributed by atoms with Crippen molar-refractivity contribution in [3.05, 3.63) is 74.7 Å². The molecule has 3 rings (SSSR count). The van der Waals surface area contributed by atoms with Crippen molar-refractivity contribution in [3.63, 3.8) is 0 Å². The molecule has 6 heteroatoms. The Kier molecular flexibility index (Phi) is 6.06. The van der Waals surface area contributed by atoms with Crippen LogP contribution in [0, 0.1) is 0 Å². The summed E-state index contributed by atoms with van der Waals surface area (Å²) in [4.78, 5) is 12.0. The summed E-state index contributed by atoms with van der Waals surface area (Å²) in [5.74, 6) is -0.0210. The minimum Gasteiger partial charge on any atom is -0.506 e. The molecule has 0 radical (unpaired) electrons. The minimum absolute atomic E-state index is 0.126. The molecule has 132 valence electrons. The van der Waals surface area contributed by atoms with Crippen LogP contribution in [0.15, 0.2) is 68.6 Å². The normalized spacial score (nSPS) is 11.2. The third-order valence-corrected chi connectivity index (χ3v) is 5.15. The van der Waals surface area contributed by atoms with Crippen LogP contribution in [-0.2, 0) is 11.2 Å². The zero-order valence-corrected chi connectivity index (χ0v) is 16.9. The van der Waals surface area contributed by atoms with Crippen molar-refractivity contribution in [2.75, 3.05) is 0 Å². The summed E-state index contributed by atoms with van der Waals surface area (Å²) in [6, 6.07) is 17.7. The minimum atomic E-state index is -0.147. The van der Waals surface area contributed by atoms with Gasteiger partial charge in [-0.25, -0.2) is 5.43 Å². The van der Waals surface area contributed by atoms with Crippen LogP contribution in [-0.4, -0.2) is 17.2 Å². The lowest BCUT2D eigenvalue weighted by molar-refractivity contribution is -0.121. The van der Waals surface area contributed by atoms with Gasteiger partial charge < -0.3 is 5.11 Å². The standard InChI is InChI=1S/C20H16Br2N2O2/c21-17-10-13(11-18(22)20(17)26)12-23-24-19(25)9-8-15-6-3-5-14-4-1-2-7-16(14)15/h1-7,10-12,26H,8-9H2,(H,24,25)/b23-12+. The fourth-order valence-electron chi connectivity index (χ4n) is 2.65. The van der Waals surface area contributed by atoms with Gasteiger partial charge in [0, 0.05) is 6.42 Å². The summed E-state index contributed by atoms with van der Waals surface area (Å²) in [5, 5.41) is 16.0. The van der Waals surface area contributed by atoms with Crippen molar-refractivity contribution < 1.29 is 9.90 Å². The van der Waals surface area contributed by atoms with E-state index in [0.29, 0.717) is 21.8 Å². The summed E-state index contributed by atoms with van der Waals surface area (Å²) in [6.45, 7) is 0. The topological polar surface area (TPSA) is 61.7 Å². The van der Waals surface area contributed by atoms with E-state index in [1.54, 1.807) is 12.1 Å². The molecule has 0 saturated heterocycles. The van der Waals surface area contributed by atoms with Crippen LogP contribution in [0.25, 0.3) is 10.8 Å². The Morgan fingerprint density at radius 3 is 2.54 bits per heavy atom. The SMILES string of the molecule is O=C(CCc1cccc2ccccc12)N/N=C/c1cc(Br)c(O)c(Br)c1. The highest BCUT2D eigenvalue weighted by atomic mass is 79.9. The number of carbonyl (C=O) groups is 1. The van der Waals surface area contributed by atoms with E-state index in [1.165, 1.54) is 17.0 Å². The first-order chi connectivity index (χ1) is 12.5. The Balaban J connectivity index is 1.59. The second kappa shape index (κ2) is 8.47. The molecule has 0 spiro atoms. The second-order valence-electron chi connectivity index (χ2n) is 5.76. The van der Waals surface area contributed by atoms with Crippen LogP contribution in [0.4, 0.5) is 0 Å². The number of hydrogen-bond donors (Lipinski definition) is 2. The zero-order chi connectivity index (χ0) is 18.5. The number of amides is 1. The fraction of sp³-hybridized carbons (Fsp3) is 0.100. The number of phenolic OH excluding ortho intramolecular Hbond substituents is 1. The number of nitrogens with zero attached hydrogens (tertiary/aromatic N) is 1. The molecule has 0 heterocycles. The summed E-state index contributed by atoms with van der Waals surface area (Å²) < 4.78 is 1.10. The van der Waals surface area contributed by atoms with Crippen LogP contribution in [0.5, 0.6) is 5.75 Å². The Bertz CT molecular complexity index is 958. The van der Waals surface area contributed by atoms with Gasteiger partial charge in [0.05, 0.1) is 15.2 Å². The summed E-state index contributed by atoms with van der Waals surface area (Å²) in [6.07, 6.45) is 2.54. The number of hydrazone groups is 1. The summed E-state index contributed by atoms with van der Waals surface area (Å²) in [7, 11) is 0. The highest BCUT2D eigenvalue weighted by Gasteiger charge is 2.06. The smallest absolute Gasteiger partial charge is 0.240 e. The Hall–Kier alpha value is -2.18. The Morgan fingerprint density at radius 1 is 1.08 bits per heavy atom. The largest absolute Gasteiger partial charge is 0.506 e. The predicted molar refractivity (Wildman–Crippen MR) is 112 cm³/mol. The number of phenols is 1. The number of nitrogens with one attached hydrogen (secondary N) is 1. The first kappa shape index (κ1) is 18.6. The number of hydrogen-bond acceptors (Lipinski definition) is 3. The molecule has 0 aliphatic heterocycles. The van der Waals surface area contributed by atoms with Crippen molar-refractivity contribution in [1.29, 1.82) is 0 Å². The lowest BCUT2D eigenvalue weighted by atomic mass is 10.0. The van der Waals surface area contributed by atoms with Gasteiger partial charge in [0.2, 0.25) is 5.91 Å². The van der Waals surface area contributed by atoms with Gasteiger partial charge in [-0.1, -0.05) is 42.5 Å². The molecule has 3 aromatic carbocycles. The molecule has 0 saturated carbocycles. The molecular formula is C20H16Br2N2O2. The highest BCUT2D eigenvalue weighted by Crippen LogP contribution is 2.32. The van der Waals surface area contributed by atoms with Gasteiger partial charge in [0.25, 0.3) is 0 Å². The predicted octanol–water partition coefficient (Wildman–Crippen LogP) is 5.15. The molecule has 1 amide bonds. The average Bonchev–Trinajstić information content (AvgIpc) is 2.64. The monoisotopic (exact) mass is 474 g/mol. The lowest BCUT2D eigenvalue weighted by Gasteiger charge is -2.06. The molecule has 2 N–H and O–H groups in total. The van der Waals surface area contributed by atoms with Crippen molar-refractivity contribution in [3.8, 4) is 5.75 Å². The molecule has 3 aromatic rings. The number of halogens is 2. The Labute approximate surface area is 168 Å². The molecule has 0 fully saturated rings. The van der Waals surface area contributed by atoms with Gasteiger partial charge in [-0.3, -0.25) is 4.79 Å². The number of rotatable bonds is 5. The van der Waals surface area contributed by atoms with Crippen LogP contribution >= 0.6 is 31.9 Å². The van der Waals surface area contributed by atoms with E-state index in [4.69, 9.17) is 0 Å². The number of fused-ring (bicyclic) bond motifs is 1. The van der Waals surface area contributed by atoms with E-state index in [0.717, 1.165) is 11.1 Å². The van der Waals surface area contributed by atoms with Crippen molar-refractivity contribution in [1.82, 2.24) is 5.43 Å². The molecule has 0 atom stereocenters. The average molecular weight is 476 g/mol. The van der Waals surface area contributed by atoms with E-state index in [9.17, 15) is 9.90 Å². The Morgan fingerprint density at radius 2 is 1.77 bits per heavy atom. The molecule has 0 aromatic heterocycles. The van der Waals surface area contributed by atoms with Crippen LogP contribution < -0.4 is 5.43 Å². The van der Waals surface area contributed by atoms with Gasteiger partial charge in [-0.05, 0) is 72.3 Å².